The molecule has 0 spiro atoms. The Morgan fingerprint density at radius 1 is 1.30 bits per heavy atom. The molecule has 1 amide bonds. The van der Waals surface area contributed by atoms with Crippen LogP contribution in [-0.2, 0) is 17.5 Å². The van der Waals surface area contributed by atoms with E-state index in [0.29, 0.717) is 24.0 Å². The summed E-state index contributed by atoms with van der Waals surface area (Å²) in [6.45, 7) is 2.24. The average Bonchev–Trinajstić information content (AvgIpc) is 3.24. The molecule has 1 aliphatic heterocycles. The third kappa shape index (κ3) is 5.03. The van der Waals surface area contributed by atoms with Crippen LogP contribution in [0.2, 0.25) is 0 Å². The van der Waals surface area contributed by atoms with Gasteiger partial charge in [0.25, 0.3) is 18.2 Å². The summed E-state index contributed by atoms with van der Waals surface area (Å²) in [6, 6.07) is 6.93. The maximum Gasteiger partial charge on any atom is 0.280 e. The summed E-state index contributed by atoms with van der Waals surface area (Å²) in [6.07, 6.45) is 2.39. The molecule has 0 saturated carbocycles. The molecule has 3 atom stereocenters. The zero-order chi connectivity index (χ0) is 23.5. The summed E-state index contributed by atoms with van der Waals surface area (Å²) in [5, 5.41) is 0. The van der Waals surface area contributed by atoms with Gasteiger partial charge in [-0.05, 0) is 37.8 Å². The molecule has 0 bridgehead atoms. The predicted octanol–water partition coefficient (Wildman–Crippen LogP) is 3.16. The number of ether oxygens (including phenoxy) is 1. The monoisotopic (exact) mass is 477 g/mol. The molecular weight excluding hydrogens is 454 g/mol. The fraction of sp³-hybridized carbons (Fsp3) is 0.409. The predicted molar refractivity (Wildman–Crippen MR) is 116 cm³/mol. The Bertz CT molecular complexity index is 1170. The lowest BCUT2D eigenvalue weighted by Gasteiger charge is -2.38. The van der Waals surface area contributed by atoms with E-state index in [9.17, 15) is 22.3 Å². The Kier molecular flexibility index (Phi) is 6.99. The molecule has 0 radical (unpaired) electrons. The molecule has 1 saturated heterocycles. The molecule has 176 valence electrons. The Balaban J connectivity index is 1.53. The molecule has 1 aromatic carbocycles. The van der Waals surface area contributed by atoms with E-state index in [4.69, 9.17) is 4.74 Å². The number of imidazole rings is 1. The minimum absolute atomic E-state index is 0.0420. The van der Waals surface area contributed by atoms with Crippen molar-refractivity contribution in [2.75, 3.05) is 12.3 Å². The molecule has 8 nitrogen and oxygen atoms in total. The van der Waals surface area contributed by atoms with E-state index in [1.165, 1.54) is 16.8 Å². The molecule has 4 rings (SSSR count). The highest BCUT2D eigenvalue weighted by atomic mass is 32.2. The second-order valence-electron chi connectivity index (χ2n) is 7.95. The van der Waals surface area contributed by atoms with Gasteiger partial charge in [-0.15, -0.1) is 0 Å². The van der Waals surface area contributed by atoms with Gasteiger partial charge < -0.3 is 14.2 Å². The maximum absolute atomic E-state index is 13.4. The lowest BCUT2D eigenvalue weighted by atomic mass is 9.98. The van der Waals surface area contributed by atoms with Gasteiger partial charge in [-0.25, -0.2) is 18.7 Å². The van der Waals surface area contributed by atoms with Gasteiger partial charge >= 0.3 is 0 Å². The SMILES string of the molecule is C[C@@H]1CC[C@@H](Oc2nccn3c(C(F)F)cnc23)CN1C(=O)c1ccccc1CCS(=O)[O-]. The molecule has 1 unspecified atom stereocenters. The minimum Gasteiger partial charge on any atom is -0.772 e. The number of likely N-dealkylation sites (tertiary alicyclic amines) is 1. The number of hydrogen-bond donors (Lipinski definition) is 0. The lowest BCUT2D eigenvalue weighted by Crippen LogP contribution is -2.49. The first-order valence-corrected chi connectivity index (χ1v) is 11.8. The van der Waals surface area contributed by atoms with Gasteiger partial charge in [0, 0.05) is 29.8 Å². The molecule has 0 N–H and O–H groups in total. The van der Waals surface area contributed by atoms with Crippen LogP contribution < -0.4 is 4.74 Å². The molecule has 1 aliphatic rings. The molecule has 3 heterocycles. The molecule has 0 aliphatic carbocycles. The van der Waals surface area contributed by atoms with Crippen molar-refractivity contribution >= 4 is 22.6 Å². The highest BCUT2D eigenvalue weighted by molar-refractivity contribution is 7.79. The Labute approximate surface area is 191 Å². The van der Waals surface area contributed by atoms with Gasteiger partial charge in [0.15, 0.2) is 0 Å². The fourth-order valence-electron chi connectivity index (χ4n) is 4.06. The van der Waals surface area contributed by atoms with Crippen LogP contribution in [0.1, 0.15) is 47.8 Å². The zero-order valence-electron chi connectivity index (χ0n) is 17.9. The number of piperidine rings is 1. The highest BCUT2D eigenvalue weighted by Crippen LogP contribution is 2.27. The summed E-state index contributed by atoms with van der Waals surface area (Å²) < 4.78 is 55.6. The number of rotatable bonds is 7. The number of fused-ring (bicyclic) bond motifs is 1. The maximum atomic E-state index is 13.4. The van der Waals surface area contributed by atoms with Gasteiger partial charge in [0.2, 0.25) is 5.65 Å². The van der Waals surface area contributed by atoms with E-state index in [1.807, 2.05) is 6.92 Å². The third-order valence-electron chi connectivity index (χ3n) is 5.81. The summed E-state index contributed by atoms with van der Waals surface area (Å²) in [5.74, 6) is -0.128. The van der Waals surface area contributed by atoms with Crippen molar-refractivity contribution in [2.24, 2.45) is 0 Å². The number of nitrogens with zero attached hydrogens (tertiary/aromatic N) is 4. The Morgan fingerprint density at radius 2 is 2.09 bits per heavy atom. The summed E-state index contributed by atoms with van der Waals surface area (Å²) >= 11 is -2.20. The average molecular weight is 478 g/mol. The fourth-order valence-corrected chi connectivity index (χ4v) is 4.45. The van der Waals surface area contributed by atoms with E-state index in [-0.39, 0.29) is 47.9 Å². The molecule has 2 aromatic heterocycles. The third-order valence-corrected chi connectivity index (χ3v) is 6.35. The zero-order valence-corrected chi connectivity index (χ0v) is 18.7. The van der Waals surface area contributed by atoms with Crippen LogP contribution in [-0.4, -0.2) is 58.4 Å². The van der Waals surface area contributed by atoms with Crippen molar-refractivity contribution in [3.05, 3.63) is 59.7 Å². The molecule has 1 fully saturated rings. The quantitative estimate of drug-likeness (QED) is 0.485. The number of carbonyl (C=O) groups excluding carboxylic acids is 1. The number of alkyl halides is 2. The van der Waals surface area contributed by atoms with Crippen LogP contribution in [0.15, 0.2) is 42.9 Å². The lowest BCUT2D eigenvalue weighted by molar-refractivity contribution is 0.0374. The van der Waals surface area contributed by atoms with Gasteiger partial charge in [-0.3, -0.25) is 13.4 Å². The smallest absolute Gasteiger partial charge is 0.280 e. The molecule has 3 aromatic rings. The molecule has 33 heavy (non-hydrogen) atoms. The topological polar surface area (TPSA) is 99.9 Å². The van der Waals surface area contributed by atoms with Gasteiger partial charge in [0.1, 0.15) is 11.8 Å². The van der Waals surface area contributed by atoms with Crippen LogP contribution >= 0.6 is 0 Å². The van der Waals surface area contributed by atoms with Gasteiger partial charge in [-0.2, -0.15) is 0 Å². The van der Waals surface area contributed by atoms with Gasteiger partial charge in [-0.1, -0.05) is 29.3 Å². The number of benzene rings is 1. The van der Waals surface area contributed by atoms with E-state index in [1.54, 1.807) is 29.2 Å². The second kappa shape index (κ2) is 9.92. The van der Waals surface area contributed by atoms with Crippen molar-refractivity contribution in [2.45, 2.75) is 44.8 Å². The van der Waals surface area contributed by atoms with E-state index >= 15 is 0 Å². The number of carbonyl (C=O) groups is 1. The summed E-state index contributed by atoms with van der Waals surface area (Å²) in [4.78, 5) is 23.3. The number of aryl methyl sites for hydroxylation is 1. The number of aromatic nitrogens is 3. The van der Waals surface area contributed by atoms with Crippen LogP contribution in [0.3, 0.4) is 0 Å². The van der Waals surface area contributed by atoms with Gasteiger partial charge in [0.05, 0.1) is 12.7 Å². The van der Waals surface area contributed by atoms with Crippen molar-refractivity contribution in [1.29, 1.82) is 0 Å². The normalized spacial score (nSPS) is 19.7. The minimum atomic E-state index is -2.68. The van der Waals surface area contributed by atoms with Crippen molar-refractivity contribution in [3.63, 3.8) is 0 Å². The Morgan fingerprint density at radius 3 is 2.85 bits per heavy atom. The highest BCUT2D eigenvalue weighted by Gasteiger charge is 2.32. The number of amides is 1. The Hall–Kier alpha value is -2.92. The first kappa shape index (κ1) is 23.2. The standard InChI is InChI=1S/C22H24F2N4O4S/c1-14-6-7-16(32-21-20-26-12-18(19(23)24)27(20)10-9-25-21)13-28(14)22(29)17-5-3-2-4-15(17)8-11-33(30)31/h2-5,9-10,12,14,16,19H,6-8,11,13H2,1H3,(H,30,31)/p-1/t14-,16-/m1/s1. The van der Waals surface area contributed by atoms with Crippen LogP contribution in [0.25, 0.3) is 5.65 Å². The van der Waals surface area contributed by atoms with E-state index in [2.05, 4.69) is 9.97 Å². The van der Waals surface area contributed by atoms with Crippen molar-refractivity contribution in [3.8, 4) is 5.88 Å². The number of hydrogen-bond acceptors (Lipinski definition) is 6. The largest absolute Gasteiger partial charge is 0.772 e. The number of halogens is 2. The summed E-state index contributed by atoms with van der Waals surface area (Å²) in [7, 11) is 0. The van der Waals surface area contributed by atoms with E-state index in [0.717, 1.165) is 6.20 Å². The van der Waals surface area contributed by atoms with Crippen LogP contribution in [0.5, 0.6) is 5.88 Å². The molecule has 11 heteroatoms. The first-order valence-electron chi connectivity index (χ1n) is 10.6. The molecular formula is C22H23F2N4O4S-. The van der Waals surface area contributed by atoms with E-state index < -0.39 is 23.6 Å². The second-order valence-corrected chi connectivity index (χ2v) is 8.96. The van der Waals surface area contributed by atoms with Crippen LogP contribution in [0.4, 0.5) is 8.78 Å². The van der Waals surface area contributed by atoms with Crippen molar-refractivity contribution < 1.29 is 27.1 Å². The van der Waals surface area contributed by atoms with Crippen molar-refractivity contribution in [1.82, 2.24) is 19.3 Å². The van der Waals surface area contributed by atoms with Crippen LogP contribution in [0, 0.1) is 0 Å². The summed E-state index contributed by atoms with van der Waals surface area (Å²) in [5.41, 5.74) is 1.08. The first-order chi connectivity index (χ1) is 15.8.